The van der Waals surface area contributed by atoms with Crippen molar-refractivity contribution in [3.05, 3.63) is 0 Å². The van der Waals surface area contributed by atoms with E-state index in [0.29, 0.717) is 0 Å². The fourth-order valence-electron chi connectivity index (χ4n) is 0.183. The third kappa shape index (κ3) is 1.94. The van der Waals surface area contributed by atoms with Crippen molar-refractivity contribution in [2.45, 2.75) is 13.8 Å². The summed E-state index contributed by atoms with van der Waals surface area (Å²) in [5.41, 5.74) is 0. The summed E-state index contributed by atoms with van der Waals surface area (Å²) in [6.45, 7) is 5.26. The van der Waals surface area contributed by atoms with Gasteiger partial charge in [-0.05, 0) is 6.92 Å². The molecule has 0 atom stereocenters. The molecule has 0 aliphatic carbocycles. The Bertz CT molecular complexity index is 55.0. The van der Waals surface area contributed by atoms with Gasteiger partial charge in [-0.1, -0.05) is 0 Å². The van der Waals surface area contributed by atoms with Gasteiger partial charge in [0.25, 0.3) is 0 Å². The molecule has 0 spiro atoms. The minimum absolute atomic E-state index is 1.11. The van der Waals surface area contributed by atoms with Gasteiger partial charge in [0.15, 0.2) is 0 Å². The summed E-state index contributed by atoms with van der Waals surface area (Å²) >= 11 is 0. The third-order valence-electron chi connectivity index (χ3n) is 0.940. The Balaban J connectivity index is 3.22. The molecule has 0 aromatic heterocycles. The minimum Gasteiger partial charge on any atom is -0.243 e. The minimum atomic E-state index is 1.11. The average Bonchev–Trinajstić information content (AvgIpc) is 1.65. The molecule has 0 N–H and O–H groups in total. The second-order valence-corrected chi connectivity index (χ2v) is 1.33. The molecule has 0 aliphatic rings. The topological polar surface area (TPSA) is 3.01 Å². The Morgan fingerprint density at radius 2 is 2.17 bits per heavy atom. The highest BCUT2D eigenvalue weighted by Gasteiger charge is 1.77. The number of hydrogen-bond donors (Lipinski definition) is 0. The van der Waals surface area contributed by atoms with Crippen molar-refractivity contribution in [2.75, 3.05) is 13.6 Å². The van der Waals surface area contributed by atoms with Crippen LogP contribution in [0.1, 0.15) is 13.8 Å². The maximum atomic E-state index is 2.12. The summed E-state index contributed by atoms with van der Waals surface area (Å²) in [4.78, 5) is 0. The molecule has 0 aromatic carbocycles. The highest BCUT2D eigenvalue weighted by molar-refractivity contribution is 5.46. The van der Waals surface area contributed by atoms with Crippen LogP contribution >= 0.6 is 0 Å². The van der Waals surface area contributed by atoms with Crippen LogP contribution in [0.3, 0.4) is 0 Å². The van der Waals surface area contributed by atoms with E-state index in [9.17, 15) is 0 Å². The first kappa shape index (κ1) is 5.67. The molecule has 6 heavy (non-hydrogen) atoms. The lowest BCUT2D eigenvalue weighted by Gasteiger charge is -1.82. The van der Waals surface area contributed by atoms with Gasteiger partial charge in [0.1, 0.15) is 19.8 Å². The Morgan fingerprint density at radius 1 is 1.67 bits per heavy atom. The monoisotopic (exact) mass is 86.1 g/mol. The fourth-order valence-corrected chi connectivity index (χ4v) is 0.183. The molecule has 0 saturated heterocycles. The third-order valence-corrected chi connectivity index (χ3v) is 0.940. The van der Waals surface area contributed by atoms with E-state index in [0.717, 1.165) is 6.54 Å². The standard InChI is InChI=1S/C5H12N/c1-4-6(3)5-2/h4H,5H2,1-3H3/q+1/b6-4-. The molecule has 0 saturated carbocycles. The van der Waals surface area contributed by atoms with Crippen LogP contribution in [0.25, 0.3) is 0 Å². The van der Waals surface area contributed by atoms with Crippen molar-refractivity contribution < 1.29 is 4.58 Å². The summed E-state index contributed by atoms with van der Waals surface area (Å²) in [7, 11) is 2.06. The summed E-state index contributed by atoms with van der Waals surface area (Å²) in [5, 5.41) is 0. The molecule has 0 aliphatic heterocycles. The van der Waals surface area contributed by atoms with E-state index in [1.807, 2.05) is 6.92 Å². The van der Waals surface area contributed by atoms with Crippen molar-refractivity contribution in [1.82, 2.24) is 0 Å². The second-order valence-electron chi connectivity index (χ2n) is 1.33. The van der Waals surface area contributed by atoms with Crippen LogP contribution in [0, 0.1) is 0 Å². The molecule has 1 heteroatoms. The van der Waals surface area contributed by atoms with Gasteiger partial charge < -0.3 is 0 Å². The van der Waals surface area contributed by atoms with Gasteiger partial charge in [0.05, 0.1) is 0 Å². The summed E-state index contributed by atoms with van der Waals surface area (Å²) in [5.74, 6) is 0. The van der Waals surface area contributed by atoms with Crippen molar-refractivity contribution in [3.63, 3.8) is 0 Å². The maximum Gasteiger partial charge on any atom is 0.139 e. The molecule has 0 rings (SSSR count). The molecule has 0 heterocycles. The van der Waals surface area contributed by atoms with E-state index in [4.69, 9.17) is 0 Å². The number of nitrogens with zero attached hydrogens (tertiary/aromatic N) is 1. The van der Waals surface area contributed by atoms with Crippen LogP contribution in [0.15, 0.2) is 0 Å². The molecule has 36 valence electrons. The summed E-state index contributed by atoms with van der Waals surface area (Å²) in [6.07, 6.45) is 2.06. The van der Waals surface area contributed by atoms with E-state index in [-0.39, 0.29) is 0 Å². The van der Waals surface area contributed by atoms with Gasteiger partial charge >= 0.3 is 0 Å². The van der Waals surface area contributed by atoms with E-state index in [2.05, 4.69) is 24.8 Å². The van der Waals surface area contributed by atoms with Crippen molar-refractivity contribution >= 4 is 6.21 Å². The van der Waals surface area contributed by atoms with Crippen molar-refractivity contribution in [2.24, 2.45) is 0 Å². The quantitative estimate of drug-likeness (QED) is 0.327. The smallest absolute Gasteiger partial charge is 0.139 e. The Kier molecular flexibility index (Phi) is 2.73. The fraction of sp³-hybridized carbons (Fsp3) is 0.800. The SMILES string of the molecule is C/C=[N+](/C)CC. The molecule has 1 nitrogen and oxygen atoms in total. The number of rotatable bonds is 1. The first-order valence-corrected chi connectivity index (χ1v) is 2.31. The van der Waals surface area contributed by atoms with Gasteiger partial charge in [-0.15, -0.1) is 0 Å². The van der Waals surface area contributed by atoms with Gasteiger partial charge in [-0.25, -0.2) is 4.58 Å². The van der Waals surface area contributed by atoms with E-state index < -0.39 is 0 Å². The zero-order valence-corrected chi connectivity index (χ0v) is 4.73. The molecule has 0 unspecified atom stereocenters. The van der Waals surface area contributed by atoms with Gasteiger partial charge in [0, 0.05) is 6.92 Å². The summed E-state index contributed by atoms with van der Waals surface area (Å²) < 4.78 is 2.12. The maximum absolute atomic E-state index is 2.12. The van der Waals surface area contributed by atoms with Crippen molar-refractivity contribution in [1.29, 1.82) is 0 Å². The second kappa shape index (κ2) is 2.88. The van der Waals surface area contributed by atoms with Crippen molar-refractivity contribution in [3.8, 4) is 0 Å². The Morgan fingerprint density at radius 3 is 2.17 bits per heavy atom. The molecular formula is C5H12N+. The van der Waals surface area contributed by atoms with Crippen LogP contribution in [0.2, 0.25) is 0 Å². The lowest BCUT2D eigenvalue weighted by molar-refractivity contribution is -0.488. The van der Waals surface area contributed by atoms with E-state index in [1.54, 1.807) is 0 Å². The lowest BCUT2D eigenvalue weighted by Crippen LogP contribution is -2.02. The lowest BCUT2D eigenvalue weighted by atomic mass is 10.7. The Hall–Kier alpha value is -0.330. The van der Waals surface area contributed by atoms with Crippen LogP contribution in [0.4, 0.5) is 0 Å². The predicted molar refractivity (Wildman–Crippen MR) is 28.5 cm³/mol. The van der Waals surface area contributed by atoms with Gasteiger partial charge in [-0.3, -0.25) is 0 Å². The largest absolute Gasteiger partial charge is 0.243 e. The zero-order chi connectivity index (χ0) is 4.99. The molecule has 0 bridgehead atoms. The van der Waals surface area contributed by atoms with Crippen LogP contribution in [-0.4, -0.2) is 24.4 Å². The molecule has 0 aromatic rings. The van der Waals surface area contributed by atoms with E-state index in [1.165, 1.54) is 0 Å². The zero-order valence-electron chi connectivity index (χ0n) is 4.73. The average molecular weight is 86.2 g/mol. The number of hydrogen-bond acceptors (Lipinski definition) is 0. The molecular weight excluding hydrogens is 74.1 g/mol. The molecule has 0 radical (unpaired) electrons. The normalized spacial score (nSPS) is 12.2. The van der Waals surface area contributed by atoms with Crippen LogP contribution in [0.5, 0.6) is 0 Å². The molecule has 0 amide bonds. The molecule has 0 fully saturated rings. The van der Waals surface area contributed by atoms with Crippen LogP contribution in [-0.2, 0) is 0 Å². The van der Waals surface area contributed by atoms with E-state index >= 15 is 0 Å². The first-order chi connectivity index (χ1) is 2.81. The Labute approximate surface area is 39.3 Å². The van der Waals surface area contributed by atoms with Crippen LogP contribution < -0.4 is 0 Å². The first-order valence-electron chi connectivity index (χ1n) is 2.31. The summed E-state index contributed by atoms with van der Waals surface area (Å²) in [6, 6.07) is 0. The highest BCUT2D eigenvalue weighted by Crippen LogP contribution is 1.58. The predicted octanol–water partition coefficient (Wildman–Crippen LogP) is 0.739. The van der Waals surface area contributed by atoms with Gasteiger partial charge in [0.2, 0.25) is 0 Å². The highest BCUT2D eigenvalue weighted by atomic mass is 14.9. The van der Waals surface area contributed by atoms with Gasteiger partial charge in [-0.2, -0.15) is 0 Å².